The van der Waals surface area contributed by atoms with E-state index in [9.17, 15) is 0 Å². The molecule has 9 heavy (non-hydrogen) atoms. The number of hydrogen-bond donors (Lipinski definition) is 0. The van der Waals surface area contributed by atoms with E-state index in [1.54, 1.807) is 0 Å². The summed E-state index contributed by atoms with van der Waals surface area (Å²) < 4.78 is 0. The molecule has 0 unspecified atom stereocenters. The SMILES string of the molecule is C[SiH](C)c1[c]cccn1. The molecule has 0 aliphatic heterocycles. The highest BCUT2D eigenvalue weighted by Crippen LogP contribution is 1.80. The summed E-state index contributed by atoms with van der Waals surface area (Å²) in [5, 5.41) is 1.18. The van der Waals surface area contributed by atoms with Crippen molar-refractivity contribution in [2.24, 2.45) is 0 Å². The maximum absolute atomic E-state index is 4.18. The molecule has 2 heteroatoms. The molecule has 0 amide bonds. The summed E-state index contributed by atoms with van der Waals surface area (Å²) in [4.78, 5) is 4.18. The van der Waals surface area contributed by atoms with E-state index in [2.05, 4.69) is 24.1 Å². The van der Waals surface area contributed by atoms with E-state index in [4.69, 9.17) is 0 Å². The van der Waals surface area contributed by atoms with Gasteiger partial charge in [0.05, 0.1) is 8.80 Å². The van der Waals surface area contributed by atoms with Gasteiger partial charge < -0.3 is 0 Å². The first-order chi connectivity index (χ1) is 4.30. The van der Waals surface area contributed by atoms with Crippen molar-refractivity contribution < 1.29 is 0 Å². The first kappa shape index (κ1) is 6.49. The van der Waals surface area contributed by atoms with Crippen molar-refractivity contribution in [1.29, 1.82) is 0 Å². The van der Waals surface area contributed by atoms with Gasteiger partial charge in [0.2, 0.25) is 0 Å². The summed E-state index contributed by atoms with van der Waals surface area (Å²) in [5.74, 6) is 0. The lowest BCUT2D eigenvalue weighted by Crippen LogP contribution is -2.25. The van der Waals surface area contributed by atoms with E-state index >= 15 is 0 Å². The van der Waals surface area contributed by atoms with Crippen molar-refractivity contribution in [3.05, 3.63) is 24.4 Å². The van der Waals surface area contributed by atoms with Crippen LogP contribution < -0.4 is 5.32 Å². The van der Waals surface area contributed by atoms with Gasteiger partial charge in [0.25, 0.3) is 0 Å². The van der Waals surface area contributed by atoms with Crippen LogP contribution in [0.15, 0.2) is 18.3 Å². The highest BCUT2D eigenvalue weighted by atomic mass is 28.3. The minimum atomic E-state index is -0.695. The maximum atomic E-state index is 4.18. The molecule has 0 aliphatic carbocycles. The molecule has 1 radical (unpaired) electrons. The van der Waals surface area contributed by atoms with Gasteiger partial charge in [0.1, 0.15) is 0 Å². The lowest BCUT2D eigenvalue weighted by Gasteiger charge is -1.97. The Morgan fingerprint density at radius 1 is 1.56 bits per heavy atom. The summed E-state index contributed by atoms with van der Waals surface area (Å²) in [7, 11) is -0.695. The Morgan fingerprint density at radius 3 is 2.67 bits per heavy atom. The average molecular weight is 136 g/mol. The van der Waals surface area contributed by atoms with Crippen LogP contribution in [0.5, 0.6) is 0 Å². The molecule has 0 saturated carbocycles. The molecule has 1 nitrogen and oxygen atoms in total. The van der Waals surface area contributed by atoms with Crippen molar-refractivity contribution in [1.82, 2.24) is 4.98 Å². The van der Waals surface area contributed by atoms with Crippen molar-refractivity contribution >= 4 is 14.1 Å². The van der Waals surface area contributed by atoms with Crippen molar-refractivity contribution in [2.45, 2.75) is 13.1 Å². The predicted molar refractivity (Wildman–Crippen MR) is 41.6 cm³/mol. The molecule has 0 fully saturated rings. The average Bonchev–Trinajstić information content (AvgIpc) is 1.90. The number of aromatic nitrogens is 1. The summed E-state index contributed by atoms with van der Waals surface area (Å²) in [6.45, 7) is 4.50. The maximum Gasteiger partial charge on any atom is 0.0892 e. The van der Waals surface area contributed by atoms with Crippen molar-refractivity contribution in [2.75, 3.05) is 0 Å². The molecular formula is C7H10NSi. The quantitative estimate of drug-likeness (QED) is 0.514. The van der Waals surface area contributed by atoms with Gasteiger partial charge in [-0.1, -0.05) is 19.2 Å². The molecule has 1 rings (SSSR count). The Kier molecular flexibility index (Phi) is 2.00. The van der Waals surface area contributed by atoms with Crippen LogP contribution >= 0.6 is 0 Å². The Hall–Kier alpha value is -0.633. The zero-order chi connectivity index (χ0) is 6.69. The second kappa shape index (κ2) is 2.78. The van der Waals surface area contributed by atoms with E-state index in [0.29, 0.717) is 0 Å². The first-order valence-corrected chi connectivity index (χ1v) is 6.02. The molecule has 0 saturated heterocycles. The van der Waals surface area contributed by atoms with Gasteiger partial charge in [-0.2, -0.15) is 0 Å². The van der Waals surface area contributed by atoms with Gasteiger partial charge in [0, 0.05) is 11.5 Å². The minimum Gasteiger partial charge on any atom is -0.266 e. The third-order valence-electron chi connectivity index (χ3n) is 1.17. The standard InChI is InChI=1S/C7H10NSi/c1-9(2)7-5-3-4-6-8-7/h3-4,6,9H,1-2H3. The van der Waals surface area contributed by atoms with Crippen LogP contribution in [0.4, 0.5) is 0 Å². The Labute approximate surface area is 57.4 Å². The molecular weight excluding hydrogens is 126 g/mol. The fraction of sp³-hybridized carbons (Fsp3) is 0.286. The minimum absolute atomic E-state index is 0.695. The summed E-state index contributed by atoms with van der Waals surface area (Å²) in [5.41, 5.74) is 0. The monoisotopic (exact) mass is 136 g/mol. The Bertz CT molecular complexity index is 172. The zero-order valence-corrected chi connectivity index (χ0v) is 6.91. The molecule has 0 aliphatic rings. The fourth-order valence-electron chi connectivity index (χ4n) is 0.653. The first-order valence-electron chi connectivity index (χ1n) is 3.13. The Morgan fingerprint density at radius 2 is 2.33 bits per heavy atom. The Balaban J connectivity index is 2.85. The number of rotatable bonds is 1. The molecule has 0 spiro atoms. The second-order valence-electron chi connectivity index (χ2n) is 2.32. The molecule has 47 valence electrons. The topological polar surface area (TPSA) is 12.9 Å². The third-order valence-corrected chi connectivity index (χ3v) is 2.58. The van der Waals surface area contributed by atoms with E-state index in [1.165, 1.54) is 5.32 Å². The lowest BCUT2D eigenvalue weighted by molar-refractivity contribution is 1.37. The number of pyridine rings is 1. The lowest BCUT2D eigenvalue weighted by atomic mass is 10.5. The van der Waals surface area contributed by atoms with Gasteiger partial charge >= 0.3 is 0 Å². The highest BCUT2D eigenvalue weighted by Gasteiger charge is 1.98. The zero-order valence-electron chi connectivity index (χ0n) is 5.76. The van der Waals surface area contributed by atoms with Crippen LogP contribution in [0.1, 0.15) is 0 Å². The van der Waals surface area contributed by atoms with E-state index in [0.717, 1.165) is 0 Å². The summed E-state index contributed by atoms with van der Waals surface area (Å²) in [6.07, 6.45) is 1.83. The van der Waals surface area contributed by atoms with Gasteiger partial charge in [-0.15, -0.1) is 0 Å². The molecule has 0 N–H and O–H groups in total. The molecule has 1 aromatic heterocycles. The van der Waals surface area contributed by atoms with Crippen LogP contribution in [0.2, 0.25) is 13.1 Å². The van der Waals surface area contributed by atoms with Crippen molar-refractivity contribution in [3.8, 4) is 0 Å². The van der Waals surface area contributed by atoms with Gasteiger partial charge in [-0.05, 0) is 12.1 Å². The second-order valence-corrected chi connectivity index (χ2v) is 5.18. The third kappa shape index (κ3) is 1.64. The molecule has 0 bridgehead atoms. The van der Waals surface area contributed by atoms with Crippen LogP contribution in [0.25, 0.3) is 0 Å². The number of hydrogen-bond acceptors (Lipinski definition) is 1. The highest BCUT2D eigenvalue weighted by molar-refractivity contribution is 6.69. The van der Waals surface area contributed by atoms with Gasteiger partial charge in [-0.3, -0.25) is 4.98 Å². The normalized spacial score (nSPS) is 10.1. The van der Waals surface area contributed by atoms with Crippen LogP contribution in [0, 0.1) is 6.07 Å². The van der Waals surface area contributed by atoms with Crippen LogP contribution in [-0.4, -0.2) is 13.8 Å². The molecule has 0 atom stereocenters. The van der Waals surface area contributed by atoms with E-state index in [-0.39, 0.29) is 0 Å². The van der Waals surface area contributed by atoms with Gasteiger partial charge in [0.15, 0.2) is 0 Å². The largest absolute Gasteiger partial charge is 0.266 e. The molecule has 1 heterocycles. The van der Waals surface area contributed by atoms with Gasteiger partial charge in [-0.25, -0.2) is 0 Å². The van der Waals surface area contributed by atoms with E-state index in [1.807, 2.05) is 18.3 Å². The smallest absolute Gasteiger partial charge is 0.0892 e. The summed E-state index contributed by atoms with van der Waals surface area (Å²) in [6, 6.07) is 6.95. The molecule has 1 aromatic rings. The van der Waals surface area contributed by atoms with E-state index < -0.39 is 8.80 Å². The predicted octanol–water partition coefficient (Wildman–Crippen LogP) is 0.575. The van der Waals surface area contributed by atoms with Crippen molar-refractivity contribution in [3.63, 3.8) is 0 Å². The fourth-order valence-corrected chi connectivity index (χ4v) is 1.47. The number of nitrogens with zero attached hydrogens (tertiary/aromatic N) is 1. The van der Waals surface area contributed by atoms with Crippen LogP contribution in [-0.2, 0) is 0 Å². The molecule has 0 aromatic carbocycles. The summed E-state index contributed by atoms with van der Waals surface area (Å²) >= 11 is 0. The van der Waals surface area contributed by atoms with Crippen LogP contribution in [0.3, 0.4) is 0 Å².